The van der Waals surface area contributed by atoms with Gasteiger partial charge in [0.05, 0.1) is 5.52 Å². The fraction of sp³-hybridized carbons (Fsp3) is 0.214. The molecule has 3 heterocycles. The van der Waals surface area contributed by atoms with Crippen LogP contribution in [0.1, 0.15) is 25.3 Å². The van der Waals surface area contributed by atoms with E-state index in [0.717, 1.165) is 16.7 Å². The second kappa shape index (κ2) is 4.76. The summed E-state index contributed by atoms with van der Waals surface area (Å²) in [7, 11) is 0. The first kappa shape index (κ1) is 12.9. The van der Waals surface area contributed by atoms with E-state index in [4.69, 9.17) is 17.3 Å². The first-order valence-electron chi connectivity index (χ1n) is 6.31. The SMILES string of the molecule is CC(C)c1cn(-c2ccnc(N)n2)c2cc(Cl)ncc12. The normalized spacial score (nSPS) is 11.4. The van der Waals surface area contributed by atoms with Gasteiger partial charge in [-0.2, -0.15) is 4.98 Å². The Morgan fingerprint density at radius 1 is 1.30 bits per heavy atom. The van der Waals surface area contributed by atoms with Crippen molar-refractivity contribution in [2.75, 3.05) is 5.73 Å². The maximum Gasteiger partial charge on any atom is 0.221 e. The van der Waals surface area contributed by atoms with Gasteiger partial charge < -0.3 is 10.3 Å². The van der Waals surface area contributed by atoms with Crippen molar-refractivity contribution >= 4 is 28.5 Å². The standard InChI is InChI=1S/C14H14ClN5/c1-8(2)10-7-20(13-3-4-17-14(16)19-13)11-5-12(15)18-6-9(10)11/h3-8H,1-2H3,(H2,16,17,19). The second-order valence-corrected chi connectivity index (χ2v) is 5.29. The minimum atomic E-state index is 0.246. The van der Waals surface area contributed by atoms with E-state index in [2.05, 4.69) is 35.0 Å². The first-order valence-corrected chi connectivity index (χ1v) is 6.69. The van der Waals surface area contributed by atoms with Crippen molar-refractivity contribution in [2.24, 2.45) is 0 Å². The third-order valence-corrected chi connectivity index (χ3v) is 3.42. The van der Waals surface area contributed by atoms with E-state index < -0.39 is 0 Å². The van der Waals surface area contributed by atoms with Crippen LogP contribution in [0.15, 0.2) is 30.7 Å². The topological polar surface area (TPSA) is 69.6 Å². The van der Waals surface area contributed by atoms with E-state index in [1.165, 1.54) is 5.56 Å². The molecule has 0 bridgehead atoms. The molecule has 6 heteroatoms. The third-order valence-electron chi connectivity index (χ3n) is 3.22. The van der Waals surface area contributed by atoms with Gasteiger partial charge in [-0.05, 0) is 17.5 Å². The summed E-state index contributed by atoms with van der Waals surface area (Å²) in [6, 6.07) is 3.65. The van der Waals surface area contributed by atoms with Crippen LogP contribution >= 0.6 is 11.6 Å². The molecule has 0 fully saturated rings. The number of anilines is 1. The molecule has 3 rings (SSSR count). The quantitative estimate of drug-likeness (QED) is 0.735. The maximum absolute atomic E-state index is 6.02. The Morgan fingerprint density at radius 2 is 2.10 bits per heavy atom. The number of pyridine rings is 1. The van der Waals surface area contributed by atoms with Gasteiger partial charge in [0.25, 0.3) is 0 Å². The van der Waals surface area contributed by atoms with E-state index in [-0.39, 0.29) is 5.95 Å². The lowest BCUT2D eigenvalue weighted by atomic mass is 10.0. The highest BCUT2D eigenvalue weighted by Gasteiger charge is 2.14. The number of fused-ring (bicyclic) bond motifs is 1. The van der Waals surface area contributed by atoms with E-state index in [0.29, 0.717) is 11.1 Å². The van der Waals surface area contributed by atoms with E-state index in [1.807, 2.05) is 16.7 Å². The summed E-state index contributed by atoms with van der Waals surface area (Å²) in [5, 5.41) is 1.52. The second-order valence-electron chi connectivity index (χ2n) is 4.91. The van der Waals surface area contributed by atoms with Crippen molar-refractivity contribution < 1.29 is 0 Å². The van der Waals surface area contributed by atoms with Crippen LogP contribution in [0.3, 0.4) is 0 Å². The molecular formula is C14H14ClN5. The molecule has 0 saturated heterocycles. The zero-order valence-electron chi connectivity index (χ0n) is 11.2. The molecule has 0 unspecified atom stereocenters. The number of rotatable bonds is 2. The van der Waals surface area contributed by atoms with Crippen molar-refractivity contribution in [3.05, 3.63) is 41.4 Å². The molecule has 0 aromatic carbocycles. The molecule has 0 atom stereocenters. The molecule has 3 aromatic rings. The van der Waals surface area contributed by atoms with Gasteiger partial charge in [-0.25, -0.2) is 9.97 Å². The predicted octanol–water partition coefficient (Wildman–Crippen LogP) is 3.17. The Labute approximate surface area is 121 Å². The summed E-state index contributed by atoms with van der Waals surface area (Å²) in [6.45, 7) is 4.28. The van der Waals surface area contributed by atoms with Crippen LogP contribution in [0.5, 0.6) is 0 Å². The molecule has 0 radical (unpaired) electrons. The summed E-state index contributed by atoms with van der Waals surface area (Å²) >= 11 is 6.02. The lowest BCUT2D eigenvalue weighted by Crippen LogP contribution is -2.01. The van der Waals surface area contributed by atoms with E-state index in [1.54, 1.807) is 12.4 Å². The van der Waals surface area contributed by atoms with Crippen molar-refractivity contribution in [3.63, 3.8) is 0 Å². The minimum absolute atomic E-state index is 0.246. The largest absolute Gasteiger partial charge is 0.368 e. The zero-order chi connectivity index (χ0) is 14.3. The van der Waals surface area contributed by atoms with Gasteiger partial charge >= 0.3 is 0 Å². The van der Waals surface area contributed by atoms with Gasteiger partial charge in [0.2, 0.25) is 5.95 Å². The molecule has 0 spiro atoms. The van der Waals surface area contributed by atoms with Gasteiger partial charge in [-0.3, -0.25) is 0 Å². The summed E-state index contributed by atoms with van der Waals surface area (Å²) in [4.78, 5) is 12.4. The number of hydrogen-bond donors (Lipinski definition) is 1. The molecule has 0 aliphatic rings. The Balaban J connectivity index is 2.32. The van der Waals surface area contributed by atoms with Gasteiger partial charge in [0.1, 0.15) is 11.0 Å². The van der Waals surface area contributed by atoms with Gasteiger partial charge in [0, 0.05) is 30.0 Å². The van der Waals surface area contributed by atoms with Crippen LogP contribution in [-0.4, -0.2) is 19.5 Å². The summed E-state index contributed by atoms with van der Waals surface area (Å²) < 4.78 is 1.97. The van der Waals surface area contributed by atoms with Crippen molar-refractivity contribution in [3.8, 4) is 5.82 Å². The highest BCUT2D eigenvalue weighted by molar-refractivity contribution is 6.30. The fourth-order valence-electron chi connectivity index (χ4n) is 2.27. The van der Waals surface area contributed by atoms with Crippen LogP contribution in [-0.2, 0) is 0 Å². The number of hydrogen-bond acceptors (Lipinski definition) is 4. The highest BCUT2D eigenvalue weighted by Crippen LogP contribution is 2.30. The molecule has 0 aliphatic carbocycles. The molecule has 0 aliphatic heterocycles. The van der Waals surface area contributed by atoms with Crippen LogP contribution in [0.4, 0.5) is 5.95 Å². The average Bonchev–Trinajstić information content (AvgIpc) is 2.77. The Hall–Kier alpha value is -2.14. The summed E-state index contributed by atoms with van der Waals surface area (Å²) in [5.74, 6) is 1.34. The fourth-order valence-corrected chi connectivity index (χ4v) is 2.42. The van der Waals surface area contributed by atoms with Gasteiger partial charge in [-0.15, -0.1) is 0 Å². The van der Waals surface area contributed by atoms with Crippen LogP contribution < -0.4 is 5.73 Å². The smallest absolute Gasteiger partial charge is 0.221 e. The molecule has 5 nitrogen and oxygen atoms in total. The first-order chi connectivity index (χ1) is 9.56. The summed E-state index contributed by atoms with van der Waals surface area (Å²) in [6.07, 6.45) is 5.49. The van der Waals surface area contributed by atoms with Crippen LogP contribution in [0.25, 0.3) is 16.7 Å². The Kier molecular flexibility index (Phi) is 3.06. The number of nitrogens with zero attached hydrogens (tertiary/aromatic N) is 4. The monoisotopic (exact) mass is 287 g/mol. The number of aromatic nitrogens is 4. The van der Waals surface area contributed by atoms with Crippen molar-refractivity contribution in [2.45, 2.75) is 19.8 Å². The predicted molar refractivity (Wildman–Crippen MR) is 80.2 cm³/mol. The zero-order valence-corrected chi connectivity index (χ0v) is 12.0. The molecule has 3 aromatic heterocycles. The molecular weight excluding hydrogens is 274 g/mol. The van der Waals surface area contributed by atoms with Crippen molar-refractivity contribution in [1.82, 2.24) is 19.5 Å². The number of nitrogen functional groups attached to an aromatic ring is 1. The maximum atomic E-state index is 6.02. The van der Waals surface area contributed by atoms with Gasteiger partial charge in [-0.1, -0.05) is 25.4 Å². The number of nitrogens with two attached hydrogens (primary N) is 1. The average molecular weight is 288 g/mol. The highest BCUT2D eigenvalue weighted by atomic mass is 35.5. The van der Waals surface area contributed by atoms with Crippen molar-refractivity contribution in [1.29, 1.82) is 0 Å². The molecule has 102 valence electrons. The number of halogens is 1. The van der Waals surface area contributed by atoms with E-state index >= 15 is 0 Å². The lowest BCUT2D eigenvalue weighted by Gasteiger charge is -2.04. The Bertz CT molecular complexity index is 778. The minimum Gasteiger partial charge on any atom is -0.368 e. The molecule has 2 N–H and O–H groups in total. The Morgan fingerprint density at radius 3 is 2.80 bits per heavy atom. The summed E-state index contributed by atoms with van der Waals surface area (Å²) in [5.41, 5.74) is 7.82. The van der Waals surface area contributed by atoms with Gasteiger partial charge in [0.15, 0.2) is 0 Å². The molecule has 20 heavy (non-hydrogen) atoms. The third kappa shape index (κ3) is 2.10. The van der Waals surface area contributed by atoms with E-state index in [9.17, 15) is 0 Å². The molecule has 0 amide bonds. The molecule has 0 saturated carbocycles. The van der Waals surface area contributed by atoms with Crippen LogP contribution in [0.2, 0.25) is 5.15 Å². The lowest BCUT2D eigenvalue weighted by molar-refractivity contribution is 0.867. The van der Waals surface area contributed by atoms with Crippen LogP contribution in [0, 0.1) is 0 Å².